The van der Waals surface area contributed by atoms with Crippen LogP contribution < -0.4 is 10.9 Å². The summed E-state index contributed by atoms with van der Waals surface area (Å²) in [7, 11) is 0. The first-order valence-corrected chi connectivity index (χ1v) is 13.5. The number of hydrogen-bond acceptors (Lipinski definition) is 5. The molecule has 3 fully saturated rings. The zero-order valence-corrected chi connectivity index (χ0v) is 21.2. The highest BCUT2D eigenvalue weighted by Crippen LogP contribution is 2.51. The first-order chi connectivity index (χ1) is 18.0. The van der Waals surface area contributed by atoms with E-state index in [-0.39, 0.29) is 24.2 Å². The normalized spacial score (nSPS) is 25.6. The summed E-state index contributed by atoms with van der Waals surface area (Å²) in [5, 5.41) is 17.0. The van der Waals surface area contributed by atoms with E-state index < -0.39 is 11.0 Å². The van der Waals surface area contributed by atoms with Crippen LogP contribution >= 0.6 is 0 Å². The predicted octanol–water partition coefficient (Wildman–Crippen LogP) is 3.16. The van der Waals surface area contributed by atoms with Gasteiger partial charge in [-0.25, -0.2) is 4.79 Å². The van der Waals surface area contributed by atoms with Crippen LogP contribution in [0.1, 0.15) is 43.7 Å². The Balaban J connectivity index is 1.26. The second-order valence-electron chi connectivity index (χ2n) is 11.0. The average Bonchev–Trinajstić information content (AvgIpc) is 3.42. The summed E-state index contributed by atoms with van der Waals surface area (Å²) in [5.74, 6) is 0. The van der Waals surface area contributed by atoms with Gasteiger partial charge in [0.15, 0.2) is 0 Å². The molecular weight excluding hydrogens is 466 g/mol. The van der Waals surface area contributed by atoms with E-state index in [1.807, 2.05) is 40.1 Å². The highest BCUT2D eigenvalue weighted by molar-refractivity contribution is 5.80. The number of nitrogens with zero attached hydrogens (tertiary/aromatic N) is 4. The van der Waals surface area contributed by atoms with Crippen LogP contribution in [-0.2, 0) is 6.54 Å². The Kier molecular flexibility index (Phi) is 6.24. The predicted molar refractivity (Wildman–Crippen MR) is 142 cm³/mol. The lowest BCUT2D eigenvalue weighted by Crippen LogP contribution is -2.64. The molecule has 4 heterocycles. The first-order valence-electron chi connectivity index (χ1n) is 13.5. The number of benzene rings is 1. The fourth-order valence-corrected chi connectivity index (χ4v) is 6.88. The number of piperidine rings is 1. The maximum atomic E-state index is 13.9. The Bertz CT molecular complexity index is 1340. The Morgan fingerprint density at radius 2 is 1.89 bits per heavy atom. The first kappa shape index (κ1) is 24.1. The molecule has 194 valence electrons. The van der Waals surface area contributed by atoms with Gasteiger partial charge in [0, 0.05) is 56.7 Å². The van der Waals surface area contributed by atoms with Crippen LogP contribution in [0.2, 0.25) is 0 Å². The number of likely N-dealkylation sites (tertiary alicyclic amines) is 1. The zero-order chi connectivity index (χ0) is 25.5. The number of pyridine rings is 2. The van der Waals surface area contributed by atoms with Crippen LogP contribution in [0.4, 0.5) is 4.79 Å². The topological polar surface area (TPSA) is 90.7 Å². The van der Waals surface area contributed by atoms with Crippen molar-refractivity contribution in [3.8, 4) is 0 Å². The van der Waals surface area contributed by atoms with Crippen molar-refractivity contribution in [1.82, 2.24) is 24.7 Å². The number of carbonyl (C=O) groups excluding carboxylic acids is 1. The van der Waals surface area contributed by atoms with Crippen molar-refractivity contribution in [3.05, 3.63) is 77.0 Å². The monoisotopic (exact) mass is 501 g/mol. The number of piperazine rings is 1. The van der Waals surface area contributed by atoms with Gasteiger partial charge < -0.3 is 24.8 Å². The molecule has 3 aromatic rings. The third-order valence-corrected chi connectivity index (χ3v) is 8.99. The Morgan fingerprint density at radius 3 is 2.70 bits per heavy atom. The highest BCUT2D eigenvalue weighted by Gasteiger charge is 2.56. The summed E-state index contributed by atoms with van der Waals surface area (Å²) >= 11 is 0. The number of aromatic nitrogens is 2. The second-order valence-corrected chi connectivity index (χ2v) is 11.0. The number of carbonyl (C=O) groups is 1. The summed E-state index contributed by atoms with van der Waals surface area (Å²) < 4.78 is 1.64. The van der Waals surface area contributed by atoms with Gasteiger partial charge in [-0.15, -0.1) is 0 Å². The number of aliphatic hydroxyl groups is 1. The Labute approximate surface area is 216 Å². The molecule has 1 saturated carbocycles. The van der Waals surface area contributed by atoms with Crippen molar-refractivity contribution in [2.75, 3.05) is 32.7 Å². The number of nitrogens with one attached hydrogen (secondary N) is 1. The van der Waals surface area contributed by atoms with Crippen LogP contribution in [0.25, 0.3) is 10.8 Å². The molecule has 8 nitrogen and oxygen atoms in total. The number of amides is 2. The van der Waals surface area contributed by atoms with Crippen LogP contribution in [0.15, 0.2) is 65.8 Å². The van der Waals surface area contributed by atoms with E-state index in [2.05, 4.69) is 22.4 Å². The summed E-state index contributed by atoms with van der Waals surface area (Å²) in [6.07, 6.45) is 9.30. The molecule has 2 aliphatic heterocycles. The SMILES string of the molecule is O=C(N1CCC(O)(Cn2ccc3ccncc3c2=O)C2(CCCC2)C1)N1CCNC[C@H]1c1ccccc1. The van der Waals surface area contributed by atoms with Crippen molar-refractivity contribution < 1.29 is 9.90 Å². The standard InChI is InChI=1S/C29H35N5O3/c35-26-24-18-30-13-8-22(24)9-15-32(26)21-29(37)12-16-33(20-28(29)10-4-5-11-28)27(36)34-17-14-31-19-25(34)23-6-2-1-3-7-23/h1-3,6-9,13,15,18,25,31,37H,4-5,10-12,14,16-17,19-21H2/t25-,29?/m0/s1. The van der Waals surface area contributed by atoms with Crippen molar-refractivity contribution >= 4 is 16.8 Å². The van der Waals surface area contributed by atoms with Crippen molar-refractivity contribution in [3.63, 3.8) is 0 Å². The summed E-state index contributed by atoms with van der Waals surface area (Å²) in [5.41, 5.74) is -0.461. The van der Waals surface area contributed by atoms with E-state index in [1.54, 1.807) is 23.2 Å². The van der Waals surface area contributed by atoms with Gasteiger partial charge in [0.25, 0.3) is 5.56 Å². The van der Waals surface area contributed by atoms with E-state index in [1.165, 1.54) is 0 Å². The Hall–Kier alpha value is -3.23. The third-order valence-electron chi connectivity index (χ3n) is 8.99. The van der Waals surface area contributed by atoms with Crippen LogP contribution in [0, 0.1) is 5.41 Å². The van der Waals surface area contributed by atoms with Gasteiger partial charge in [-0.05, 0) is 42.3 Å². The van der Waals surface area contributed by atoms with Gasteiger partial charge in [0.2, 0.25) is 0 Å². The van der Waals surface area contributed by atoms with Gasteiger partial charge in [0.1, 0.15) is 0 Å². The smallest absolute Gasteiger partial charge is 0.320 e. The summed E-state index contributed by atoms with van der Waals surface area (Å²) in [6.45, 7) is 3.41. The van der Waals surface area contributed by atoms with E-state index >= 15 is 0 Å². The number of hydrogen-bond donors (Lipinski definition) is 2. The molecule has 6 rings (SSSR count). The molecule has 3 aliphatic rings. The number of urea groups is 1. The largest absolute Gasteiger partial charge is 0.387 e. The molecule has 1 spiro atoms. The molecule has 1 unspecified atom stereocenters. The minimum Gasteiger partial charge on any atom is -0.387 e. The molecule has 37 heavy (non-hydrogen) atoms. The summed E-state index contributed by atoms with van der Waals surface area (Å²) in [6, 6.07) is 14.0. The Morgan fingerprint density at radius 1 is 1.08 bits per heavy atom. The molecule has 0 bridgehead atoms. The van der Waals surface area contributed by atoms with Crippen molar-refractivity contribution in [2.45, 2.75) is 50.3 Å². The molecule has 2 aromatic heterocycles. The molecular formula is C29H35N5O3. The van der Waals surface area contributed by atoms with Crippen LogP contribution in [0.3, 0.4) is 0 Å². The van der Waals surface area contributed by atoms with Gasteiger partial charge in [-0.2, -0.15) is 0 Å². The van der Waals surface area contributed by atoms with Crippen LogP contribution in [0.5, 0.6) is 0 Å². The highest BCUT2D eigenvalue weighted by atomic mass is 16.3. The molecule has 2 amide bonds. The van der Waals surface area contributed by atoms with Gasteiger partial charge in [-0.1, -0.05) is 43.2 Å². The maximum absolute atomic E-state index is 13.9. The molecule has 2 saturated heterocycles. The molecule has 0 radical (unpaired) electrons. The second kappa shape index (κ2) is 9.58. The minimum atomic E-state index is -1.05. The van der Waals surface area contributed by atoms with E-state index in [9.17, 15) is 14.7 Å². The van der Waals surface area contributed by atoms with Gasteiger partial charge >= 0.3 is 6.03 Å². The minimum absolute atomic E-state index is 0.00688. The quantitative estimate of drug-likeness (QED) is 0.576. The molecule has 1 aromatic carbocycles. The van der Waals surface area contributed by atoms with Gasteiger partial charge in [-0.3, -0.25) is 9.78 Å². The third kappa shape index (κ3) is 4.22. The molecule has 8 heteroatoms. The fraction of sp³-hybridized carbons (Fsp3) is 0.483. The van der Waals surface area contributed by atoms with Gasteiger partial charge in [0.05, 0.1) is 23.6 Å². The lowest BCUT2D eigenvalue weighted by Gasteiger charge is -2.53. The van der Waals surface area contributed by atoms with Crippen LogP contribution in [-0.4, -0.2) is 68.8 Å². The lowest BCUT2D eigenvalue weighted by molar-refractivity contribution is -0.136. The average molecular weight is 502 g/mol. The molecule has 1 aliphatic carbocycles. The van der Waals surface area contributed by atoms with E-state index in [0.29, 0.717) is 31.4 Å². The van der Waals surface area contributed by atoms with E-state index in [4.69, 9.17) is 0 Å². The van der Waals surface area contributed by atoms with Crippen molar-refractivity contribution in [1.29, 1.82) is 0 Å². The fourth-order valence-electron chi connectivity index (χ4n) is 6.88. The zero-order valence-electron chi connectivity index (χ0n) is 21.2. The molecule has 2 N–H and O–H groups in total. The van der Waals surface area contributed by atoms with E-state index in [0.717, 1.165) is 49.7 Å². The maximum Gasteiger partial charge on any atom is 0.320 e. The lowest BCUT2D eigenvalue weighted by atomic mass is 9.66. The molecule has 2 atom stereocenters. The summed E-state index contributed by atoms with van der Waals surface area (Å²) in [4.78, 5) is 35.2. The van der Waals surface area contributed by atoms with Crippen molar-refractivity contribution in [2.24, 2.45) is 5.41 Å². The number of rotatable bonds is 3. The number of fused-ring (bicyclic) bond motifs is 1.